The summed E-state index contributed by atoms with van der Waals surface area (Å²) < 4.78 is 12.2. The van der Waals surface area contributed by atoms with E-state index in [4.69, 9.17) is 9.47 Å². The van der Waals surface area contributed by atoms with Crippen molar-refractivity contribution < 1.29 is 19.1 Å². The third-order valence-electron chi connectivity index (χ3n) is 6.16. The molecule has 0 unspecified atom stereocenters. The molecule has 2 aliphatic rings. The van der Waals surface area contributed by atoms with Crippen LogP contribution in [-0.2, 0) is 0 Å². The van der Waals surface area contributed by atoms with E-state index in [9.17, 15) is 9.59 Å². The fourth-order valence-electron chi connectivity index (χ4n) is 4.58. The molecule has 2 heterocycles. The standard InChI is InChI=1S/C26H31NO4/c1-17(2)16-30-21-7-5-6-20(14-21)25(29)27-10-8-26(9-11-27)15-22(28)24-19(4)12-18(3)13-23(24)31-26/h5-7,12-14,17H,8-11,15-16H2,1-4H3. The average Bonchev–Trinajstić information content (AvgIpc) is 2.71. The predicted molar refractivity (Wildman–Crippen MR) is 120 cm³/mol. The lowest BCUT2D eigenvalue weighted by Gasteiger charge is -2.44. The second-order valence-electron chi connectivity index (χ2n) is 9.36. The number of aryl methyl sites for hydroxylation is 2. The van der Waals surface area contributed by atoms with Crippen molar-refractivity contribution in [3.63, 3.8) is 0 Å². The number of Topliss-reactive ketones (excluding diaryl/α,β-unsaturated/α-hetero) is 1. The van der Waals surface area contributed by atoms with E-state index in [0.29, 0.717) is 61.8 Å². The first-order valence-electron chi connectivity index (χ1n) is 11.1. The van der Waals surface area contributed by atoms with Gasteiger partial charge in [0.1, 0.15) is 17.1 Å². The Morgan fingerprint density at radius 2 is 1.90 bits per heavy atom. The summed E-state index contributed by atoms with van der Waals surface area (Å²) in [6.07, 6.45) is 1.69. The number of nitrogens with zero attached hydrogens (tertiary/aromatic N) is 1. The maximum atomic E-state index is 13.1. The normalized spacial score (nSPS) is 17.5. The molecule has 2 aromatic rings. The lowest BCUT2D eigenvalue weighted by atomic mass is 9.81. The summed E-state index contributed by atoms with van der Waals surface area (Å²) in [6.45, 7) is 9.94. The van der Waals surface area contributed by atoms with Gasteiger partial charge in [-0.2, -0.15) is 0 Å². The smallest absolute Gasteiger partial charge is 0.253 e. The number of piperidine rings is 1. The van der Waals surface area contributed by atoms with Crippen LogP contribution in [0.2, 0.25) is 0 Å². The molecule has 1 spiro atoms. The number of amides is 1. The number of ketones is 1. The van der Waals surface area contributed by atoms with Crippen LogP contribution in [0.25, 0.3) is 0 Å². The zero-order chi connectivity index (χ0) is 22.2. The van der Waals surface area contributed by atoms with Gasteiger partial charge in [-0.1, -0.05) is 26.0 Å². The Balaban J connectivity index is 1.45. The highest BCUT2D eigenvalue weighted by Crippen LogP contribution is 2.41. The van der Waals surface area contributed by atoms with E-state index in [1.54, 1.807) is 0 Å². The van der Waals surface area contributed by atoms with Crippen LogP contribution >= 0.6 is 0 Å². The molecule has 164 valence electrons. The molecule has 2 aliphatic heterocycles. The van der Waals surface area contributed by atoms with Gasteiger partial charge in [0.15, 0.2) is 5.78 Å². The predicted octanol–water partition coefficient (Wildman–Crippen LogP) is 4.98. The first-order valence-corrected chi connectivity index (χ1v) is 11.1. The van der Waals surface area contributed by atoms with Crippen LogP contribution in [0, 0.1) is 19.8 Å². The van der Waals surface area contributed by atoms with Gasteiger partial charge in [-0.15, -0.1) is 0 Å². The SMILES string of the molecule is Cc1cc(C)c2c(c1)OC1(CCN(C(=O)c3cccc(OCC(C)C)c3)CC1)CC2=O. The lowest BCUT2D eigenvalue weighted by molar-refractivity contribution is -0.00582. The summed E-state index contributed by atoms with van der Waals surface area (Å²) >= 11 is 0. The maximum absolute atomic E-state index is 13.1. The van der Waals surface area contributed by atoms with Crippen LogP contribution < -0.4 is 9.47 Å². The van der Waals surface area contributed by atoms with Crippen molar-refractivity contribution in [1.82, 2.24) is 4.90 Å². The van der Waals surface area contributed by atoms with E-state index >= 15 is 0 Å². The van der Waals surface area contributed by atoms with Gasteiger partial charge in [0, 0.05) is 31.5 Å². The number of benzene rings is 2. The van der Waals surface area contributed by atoms with Gasteiger partial charge in [-0.3, -0.25) is 9.59 Å². The van der Waals surface area contributed by atoms with Crippen LogP contribution in [0.1, 0.15) is 65.0 Å². The zero-order valence-electron chi connectivity index (χ0n) is 18.9. The van der Waals surface area contributed by atoms with Gasteiger partial charge in [-0.05, 0) is 55.2 Å². The van der Waals surface area contributed by atoms with Crippen molar-refractivity contribution in [3.8, 4) is 11.5 Å². The van der Waals surface area contributed by atoms with Gasteiger partial charge in [0.2, 0.25) is 0 Å². The van der Waals surface area contributed by atoms with Gasteiger partial charge in [-0.25, -0.2) is 0 Å². The first-order chi connectivity index (χ1) is 14.8. The minimum Gasteiger partial charge on any atom is -0.493 e. The Morgan fingerprint density at radius 1 is 1.16 bits per heavy atom. The minimum absolute atomic E-state index is 0.000859. The molecule has 1 amide bonds. The number of likely N-dealkylation sites (tertiary alicyclic amines) is 1. The topological polar surface area (TPSA) is 55.8 Å². The van der Waals surface area contributed by atoms with E-state index in [0.717, 1.165) is 16.9 Å². The molecule has 2 aromatic carbocycles. The van der Waals surface area contributed by atoms with Gasteiger partial charge >= 0.3 is 0 Å². The van der Waals surface area contributed by atoms with Crippen LogP contribution in [0.4, 0.5) is 0 Å². The number of hydrogen-bond donors (Lipinski definition) is 0. The van der Waals surface area contributed by atoms with Crippen LogP contribution in [-0.4, -0.2) is 41.9 Å². The molecule has 1 saturated heterocycles. The van der Waals surface area contributed by atoms with Crippen molar-refractivity contribution in [2.24, 2.45) is 5.92 Å². The molecule has 0 atom stereocenters. The highest BCUT2D eigenvalue weighted by atomic mass is 16.5. The Bertz CT molecular complexity index is 1000. The Morgan fingerprint density at radius 3 is 2.61 bits per heavy atom. The quantitative estimate of drug-likeness (QED) is 0.699. The van der Waals surface area contributed by atoms with Crippen molar-refractivity contribution in [2.45, 2.75) is 52.6 Å². The van der Waals surface area contributed by atoms with Crippen LogP contribution in [0.3, 0.4) is 0 Å². The molecule has 5 heteroatoms. The van der Waals surface area contributed by atoms with E-state index in [2.05, 4.69) is 13.8 Å². The molecule has 0 saturated carbocycles. The Hall–Kier alpha value is -2.82. The summed E-state index contributed by atoms with van der Waals surface area (Å²) in [5.41, 5.74) is 2.90. The fraction of sp³-hybridized carbons (Fsp3) is 0.462. The third-order valence-corrected chi connectivity index (χ3v) is 6.16. The molecule has 1 fully saturated rings. The largest absolute Gasteiger partial charge is 0.493 e. The lowest BCUT2D eigenvalue weighted by Crippen LogP contribution is -2.52. The molecule has 0 bridgehead atoms. The summed E-state index contributed by atoms with van der Waals surface area (Å²) in [5.74, 6) is 1.99. The molecule has 5 nitrogen and oxygen atoms in total. The second kappa shape index (κ2) is 8.37. The number of ether oxygens (including phenoxy) is 2. The average molecular weight is 422 g/mol. The Kier molecular flexibility index (Phi) is 5.78. The van der Waals surface area contributed by atoms with Gasteiger partial charge < -0.3 is 14.4 Å². The molecule has 0 N–H and O–H groups in total. The molecule has 4 rings (SSSR count). The molecular formula is C26H31NO4. The highest BCUT2D eigenvalue weighted by molar-refractivity contribution is 6.02. The zero-order valence-corrected chi connectivity index (χ0v) is 18.9. The van der Waals surface area contributed by atoms with E-state index < -0.39 is 5.60 Å². The highest BCUT2D eigenvalue weighted by Gasteiger charge is 2.44. The summed E-state index contributed by atoms with van der Waals surface area (Å²) in [7, 11) is 0. The summed E-state index contributed by atoms with van der Waals surface area (Å²) in [5, 5.41) is 0. The Labute approximate surface area is 184 Å². The van der Waals surface area contributed by atoms with Crippen LogP contribution in [0.5, 0.6) is 11.5 Å². The van der Waals surface area contributed by atoms with Gasteiger partial charge in [0.25, 0.3) is 5.91 Å². The van der Waals surface area contributed by atoms with Crippen molar-refractivity contribution in [2.75, 3.05) is 19.7 Å². The van der Waals surface area contributed by atoms with Crippen molar-refractivity contribution in [1.29, 1.82) is 0 Å². The van der Waals surface area contributed by atoms with E-state index in [1.165, 1.54) is 0 Å². The van der Waals surface area contributed by atoms with Crippen LogP contribution in [0.15, 0.2) is 36.4 Å². The maximum Gasteiger partial charge on any atom is 0.253 e. The molecular weight excluding hydrogens is 390 g/mol. The van der Waals surface area contributed by atoms with E-state index in [-0.39, 0.29) is 11.7 Å². The summed E-state index contributed by atoms with van der Waals surface area (Å²) in [4.78, 5) is 27.8. The van der Waals surface area contributed by atoms with Crippen molar-refractivity contribution in [3.05, 3.63) is 58.7 Å². The third kappa shape index (κ3) is 4.46. The van der Waals surface area contributed by atoms with Gasteiger partial charge in [0.05, 0.1) is 18.6 Å². The van der Waals surface area contributed by atoms with E-state index in [1.807, 2.05) is 55.1 Å². The summed E-state index contributed by atoms with van der Waals surface area (Å²) in [6, 6.07) is 11.4. The molecule has 0 aliphatic carbocycles. The molecule has 31 heavy (non-hydrogen) atoms. The van der Waals surface area contributed by atoms with Crippen molar-refractivity contribution >= 4 is 11.7 Å². The first kappa shape index (κ1) is 21.4. The number of carbonyl (C=O) groups is 2. The molecule has 0 radical (unpaired) electrons. The number of carbonyl (C=O) groups excluding carboxylic acids is 2. The molecule has 0 aromatic heterocycles. The minimum atomic E-state index is -0.511. The number of rotatable bonds is 4. The fourth-order valence-corrected chi connectivity index (χ4v) is 4.58. The monoisotopic (exact) mass is 421 g/mol. The second-order valence-corrected chi connectivity index (χ2v) is 9.36. The number of fused-ring (bicyclic) bond motifs is 1. The number of hydrogen-bond acceptors (Lipinski definition) is 4.